The largest absolute Gasteiger partial charge is 0.461 e. The summed E-state index contributed by atoms with van der Waals surface area (Å²) in [5, 5.41) is 6.72. The van der Waals surface area contributed by atoms with E-state index < -0.39 is 0 Å². The molecule has 3 aromatic rings. The van der Waals surface area contributed by atoms with Gasteiger partial charge in [-0.1, -0.05) is 11.2 Å². The molecule has 140 valence electrons. The van der Waals surface area contributed by atoms with Gasteiger partial charge in [-0.25, -0.2) is 0 Å². The Kier molecular flexibility index (Phi) is 4.55. The summed E-state index contributed by atoms with van der Waals surface area (Å²) in [5.74, 6) is 2.06. The first-order valence-corrected chi connectivity index (χ1v) is 8.46. The van der Waals surface area contributed by atoms with Crippen LogP contribution < -0.4 is 14.8 Å². The molecule has 2 aromatic heterocycles. The first-order chi connectivity index (χ1) is 13.1. The number of hydrogen-bond donors (Lipinski definition) is 1. The van der Waals surface area contributed by atoms with Gasteiger partial charge in [0.25, 0.3) is 5.91 Å². The van der Waals surface area contributed by atoms with Crippen LogP contribution in [0.5, 0.6) is 11.5 Å². The minimum Gasteiger partial charge on any atom is -0.461 e. The number of furan rings is 1. The van der Waals surface area contributed by atoms with Crippen LogP contribution in [0.3, 0.4) is 0 Å². The summed E-state index contributed by atoms with van der Waals surface area (Å²) >= 11 is 0. The quantitative estimate of drug-likeness (QED) is 0.714. The summed E-state index contributed by atoms with van der Waals surface area (Å²) in [6.07, 6.45) is 1.53. The number of nitrogens with one attached hydrogen (secondary N) is 1. The smallest absolute Gasteiger partial charge is 0.273 e. The zero-order chi connectivity index (χ0) is 18.8. The van der Waals surface area contributed by atoms with Crippen molar-refractivity contribution in [3.8, 4) is 23.0 Å². The number of amides is 1. The van der Waals surface area contributed by atoms with Crippen LogP contribution in [0.2, 0.25) is 0 Å². The van der Waals surface area contributed by atoms with Crippen LogP contribution in [0.15, 0.2) is 51.6 Å². The van der Waals surface area contributed by atoms with Gasteiger partial charge < -0.3 is 28.6 Å². The lowest BCUT2D eigenvalue weighted by molar-refractivity contribution is 0.0933. The minimum absolute atomic E-state index is 0.0418. The Labute approximate surface area is 155 Å². The van der Waals surface area contributed by atoms with Gasteiger partial charge in [-0.15, -0.1) is 0 Å². The molecule has 1 aromatic carbocycles. The van der Waals surface area contributed by atoms with Gasteiger partial charge in [0.2, 0.25) is 12.6 Å². The summed E-state index contributed by atoms with van der Waals surface area (Å²) in [6, 6.07) is 10.8. The number of benzene rings is 1. The van der Waals surface area contributed by atoms with E-state index in [1.165, 1.54) is 6.26 Å². The maximum Gasteiger partial charge on any atom is 0.273 e. The predicted molar refractivity (Wildman–Crippen MR) is 95.5 cm³/mol. The van der Waals surface area contributed by atoms with Crippen molar-refractivity contribution >= 4 is 5.91 Å². The van der Waals surface area contributed by atoms with Crippen LogP contribution in [-0.2, 0) is 0 Å². The molecular weight excluding hydrogens is 350 g/mol. The number of carbonyl (C=O) groups is 1. The molecule has 3 heterocycles. The van der Waals surface area contributed by atoms with Crippen molar-refractivity contribution in [2.75, 3.05) is 27.4 Å². The lowest BCUT2D eigenvalue weighted by Gasteiger charge is -2.25. The molecule has 0 radical (unpaired) electrons. The van der Waals surface area contributed by atoms with Gasteiger partial charge in [-0.05, 0) is 43.9 Å². The second-order valence-corrected chi connectivity index (χ2v) is 6.36. The van der Waals surface area contributed by atoms with Crippen LogP contribution in [0, 0.1) is 0 Å². The normalized spacial score (nSPS) is 13.7. The summed E-state index contributed by atoms with van der Waals surface area (Å²) in [4.78, 5) is 14.5. The molecular formula is C19H19N3O5. The molecule has 0 saturated carbocycles. The Balaban J connectivity index is 1.44. The van der Waals surface area contributed by atoms with Crippen molar-refractivity contribution in [3.05, 3.63) is 53.9 Å². The molecule has 8 heteroatoms. The van der Waals surface area contributed by atoms with Gasteiger partial charge in [0.15, 0.2) is 23.0 Å². The van der Waals surface area contributed by atoms with Crippen molar-refractivity contribution in [2.24, 2.45) is 0 Å². The number of fused-ring (bicyclic) bond motifs is 1. The molecule has 0 bridgehead atoms. The third-order valence-corrected chi connectivity index (χ3v) is 4.37. The van der Waals surface area contributed by atoms with E-state index in [-0.39, 0.29) is 24.4 Å². The molecule has 0 saturated heterocycles. The van der Waals surface area contributed by atoms with Crippen LogP contribution in [0.4, 0.5) is 0 Å². The highest BCUT2D eigenvalue weighted by Crippen LogP contribution is 2.35. The molecule has 0 spiro atoms. The molecule has 8 nitrogen and oxygen atoms in total. The van der Waals surface area contributed by atoms with E-state index in [4.69, 9.17) is 18.4 Å². The maximum absolute atomic E-state index is 12.4. The first kappa shape index (κ1) is 17.2. The average Bonchev–Trinajstić information content (AvgIpc) is 3.40. The van der Waals surface area contributed by atoms with Gasteiger partial charge in [-0.3, -0.25) is 4.79 Å². The van der Waals surface area contributed by atoms with E-state index in [0.29, 0.717) is 23.8 Å². The molecule has 0 aliphatic carbocycles. The summed E-state index contributed by atoms with van der Waals surface area (Å²) in [7, 11) is 3.90. The molecule has 1 unspecified atom stereocenters. The monoisotopic (exact) mass is 369 g/mol. The number of nitrogens with zero attached hydrogens (tertiary/aromatic N) is 2. The zero-order valence-electron chi connectivity index (χ0n) is 15.0. The van der Waals surface area contributed by atoms with Crippen molar-refractivity contribution in [2.45, 2.75) is 6.04 Å². The fourth-order valence-corrected chi connectivity index (χ4v) is 2.92. The number of ether oxygens (including phenoxy) is 2. The van der Waals surface area contributed by atoms with E-state index in [0.717, 1.165) is 11.3 Å². The van der Waals surface area contributed by atoms with E-state index >= 15 is 0 Å². The molecule has 1 amide bonds. The topological polar surface area (TPSA) is 90.0 Å². The number of likely N-dealkylation sites (N-methyl/N-ethyl adjacent to an activating group) is 1. The van der Waals surface area contributed by atoms with Crippen molar-refractivity contribution in [1.82, 2.24) is 15.4 Å². The van der Waals surface area contributed by atoms with Gasteiger partial charge in [0.05, 0.1) is 12.3 Å². The Morgan fingerprint density at radius 3 is 2.81 bits per heavy atom. The van der Waals surface area contributed by atoms with Crippen LogP contribution >= 0.6 is 0 Å². The highest BCUT2D eigenvalue weighted by molar-refractivity contribution is 5.92. The molecule has 0 fully saturated rings. The Hall–Kier alpha value is -3.26. The average molecular weight is 369 g/mol. The number of aromatic nitrogens is 1. The molecule has 1 aliphatic rings. The zero-order valence-corrected chi connectivity index (χ0v) is 15.0. The predicted octanol–water partition coefficient (Wildman–Crippen LogP) is 2.70. The summed E-state index contributed by atoms with van der Waals surface area (Å²) in [5.41, 5.74) is 1.21. The number of hydrogen-bond acceptors (Lipinski definition) is 7. The highest BCUT2D eigenvalue weighted by Gasteiger charge is 2.21. The standard InChI is InChI=1S/C19H19N3O5/c1-22(2)14(12-5-6-16-17(8-12)26-11-25-16)10-20-19(23)13-9-18(27-21-13)15-4-3-7-24-15/h3-9,14H,10-11H2,1-2H3,(H,20,23). The molecule has 4 rings (SSSR count). The Bertz CT molecular complexity index is 933. The van der Waals surface area contributed by atoms with Crippen LogP contribution in [0.25, 0.3) is 11.5 Å². The molecule has 1 aliphatic heterocycles. The molecule has 27 heavy (non-hydrogen) atoms. The van der Waals surface area contributed by atoms with Crippen molar-refractivity contribution in [1.29, 1.82) is 0 Å². The van der Waals surface area contributed by atoms with E-state index in [2.05, 4.69) is 10.5 Å². The first-order valence-electron chi connectivity index (χ1n) is 8.46. The fourth-order valence-electron chi connectivity index (χ4n) is 2.92. The van der Waals surface area contributed by atoms with Gasteiger partial charge in [0.1, 0.15) is 0 Å². The lowest BCUT2D eigenvalue weighted by atomic mass is 10.1. The lowest BCUT2D eigenvalue weighted by Crippen LogP contribution is -2.34. The van der Waals surface area contributed by atoms with Gasteiger partial charge in [-0.2, -0.15) is 0 Å². The van der Waals surface area contributed by atoms with Crippen LogP contribution in [-0.4, -0.2) is 43.4 Å². The van der Waals surface area contributed by atoms with Crippen LogP contribution in [0.1, 0.15) is 22.1 Å². The number of carbonyl (C=O) groups excluding carboxylic acids is 1. The maximum atomic E-state index is 12.4. The molecule has 1 atom stereocenters. The third kappa shape index (κ3) is 3.52. The van der Waals surface area contributed by atoms with E-state index in [9.17, 15) is 4.79 Å². The van der Waals surface area contributed by atoms with Crippen molar-refractivity contribution < 1.29 is 23.2 Å². The minimum atomic E-state index is -0.316. The number of rotatable bonds is 6. The van der Waals surface area contributed by atoms with Crippen molar-refractivity contribution in [3.63, 3.8) is 0 Å². The second kappa shape index (κ2) is 7.16. The second-order valence-electron chi connectivity index (χ2n) is 6.36. The Morgan fingerprint density at radius 1 is 1.19 bits per heavy atom. The van der Waals surface area contributed by atoms with E-state index in [1.54, 1.807) is 18.2 Å². The SMILES string of the molecule is CN(C)C(CNC(=O)c1cc(-c2ccco2)on1)c1ccc2c(c1)OCO2. The Morgan fingerprint density at radius 2 is 2.04 bits per heavy atom. The van der Waals surface area contributed by atoms with Gasteiger partial charge >= 0.3 is 0 Å². The fraction of sp³-hybridized carbons (Fsp3) is 0.263. The third-order valence-electron chi connectivity index (χ3n) is 4.37. The van der Waals surface area contributed by atoms with Gasteiger partial charge in [0, 0.05) is 12.6 Å². The van der Waals surface area contributed by atoms with E-state index in [1.807, 2.05) is 37.2 Å². The highest BCUT2D eigenvalue weighted by atomic mass is 16.7. The summed E-state index contributed by atoms with van der Waals surface area (Å²) in [6.45, 7) is 0.626. The molecule has 1 N–H and O–H groups in total. The summed E-state index contributed by atoms with van der Waals surface area (Å²) < 4.78 is 21.2.